The van der Waals surface area contributed by atoms with Gasteiger partial charge in [0.25, 0.3) is 0 Å². The Labute approximate surface area is 93.9 Å². The number of carbonyl (C=O) groups excluding carboxylic acids is 1. The average Bonchev–Trinajstić information content (AvgIpc) is 2.18. The number of nitrogen functional groups attached to an aromatic ring is 1. The van der Waals surface area contributed by atoms with E-state index in [1.165, 1.54) is 6.20 Å². The summed E-state index contributed by atoms with van der Waals surface area (Å²) in [5.41, 5.74) is 6.07. The summed E-state index contributed by atoms with van der Waals surface area (Å²) >= 11 is 0. The maximum Gasteiger partial charge on any atom is 0.228 e. The lowest BCUT2D eigenvalue weighted by Crippen LogP contribution is -2.62. The first-order chi connectivity index (χ1) is 7.46. The van der Waals surface area contributed by atoms with Crippen LogP contribution in [0.1, 0.15) is 12.6 Å². The van der Waals surface area contributed by atoms with E-state index < -0.39 is 5.60 Å². The van der Waals surface area contributed by atoms with Crippen molar-refractivity contribution in [1.82, 2.24) is 9.88 Å². The number of aliphatic hydroxyl groups is 1. The van der Waals surface area contributed by atoms with Crippen LogP contribution < -0.4 is 5.73 Å². The van der Waals surface area contributed by atoms with Crippen molar-refractivity contribution >= 4 is 11.6 Å². The second-order valence-corrected chi connectivity index (χ2v) is 4.51. The molecule has 0 atom stereocenters. The van der Waals surface area contributed by atoms with Gasteiger partial charge < -0.3 is 15.7 Å². The second kappa shape index (κ2) is 3.75. The molecule has 0 bridgehead atoms. The lowest BCUT2D eigenvalue weighted by atomic mass is 9.96. The van der Waals surface area contributed by atoms with Crippen LogP contribution in [0, 0.1) is 0 Å². The molecule has 0 spiro atoms. The molecule has 1 aliphatic rings. The minimum Gasteiger partial charge on any atom is -0.397 e. The lowest BCUT2D eigenvalue weighted by Gasteiger charge is -2.44. The van der Waals surface area contributed by atoms with E-state index in [-0.39, 0.29) is 12.3 Å². The lowest BCUT2D eigenvalue weighted by molar-refractivity contribution is -0.151. The number of nitrogens with zero attached hydrogens (tertiary/aromatic N) is 2. The molecule has 0 aromatic carbocycles. The summed E-state index contributed by atoms with van der Waals surface area (Å²) in [6, 6.07) is 3.47. The van der Waals surface area contributed by atoms with Gasteiger partial charge in [0.1, 0.15) is 0 Å². The number of nitrogens with two attached hydrogens (primary N) is 1. The first-order valence-electron chi connectivity index (χ1n) is 5.17. The van der Waals surface area contributed by atoms with Crippen LogP contribution in [0.4, 0.5) is 5.69 Å². The summed E-state index contributed by atoms with van der Waals surface area (Å²) in [5, 5.41) is 9.51. The highest BCUT2D eigenvalue weighted by atomic mass is 16.3. The number of anilines is 1. The van der Waals surface area contributed by atoms with E-state index in [2.05, 4.69) is 4.98 Å². The van der Waals surface area contributed by atoms with Crippen molar-refractivity contribution in [2.45, 2.75) is 18.9 Å². The molecule has 1 saturated heterocycles. The summed E-state index contributed by atoms with van der Waals surface area (Å²) in [4.78, 5) is 17.4. The molecule has 0 aliphatic carbocycles. The molecule has 1 aliphatic heterocycles. The largest absolute Gasteiger partial charge is 0.397 e. The van der Waals surface area contributed by atoms with Crippen LogP contribution in [0.3, 0.4) is 0 Å². The van der Waals surface area contributed by atoms with E-state index in [4.69, 9.17) is 5.73 Å². The highest BCUT2D eigenvalue weighted by Crippen LogP contribution is 2.20. The molecule has 0 saturated carbocycles. The maximum absolute atomic E-state index is 11.7. The van der Waals surface area contributed by atoms with E-state index in [0.717, 1.165) is 0 Å². The van der Waals surface area contributed by atoms with Gasteiger partial charge in [-0.3, -0.25) is 9.78 Å². The maximum atomic E-state index is 11.7. The van der Waals surface area contributed by atoms with Crippen LogP contribution >= 0.6 is 0 Å². The van der Waals surface area contributed by atoms with E-state index in [9.17, 15) is 9.90 Å². The molecule has 0 radical (unpaired) electrons. The van der Waals surface area contributed by atoms with Crippen molar-refractivity contribution in [3.8, 4) is 0 Å². The monoisotopic (exact) mass is 221 g/mol. The predicted molar refractivity (Wildman–Crippen MR) is 59.6 cm³/mol. The molecule has 2 rings (SSSR count). The Balaban J connectivity index is 1.91. The zero-order chi connectivity index (χ0) is 11.8. The first kappa shape index (κ1) is 10.9. The summed E-state index contributed by atoms with van der Waals surface area (Å²) in [6.45, 7) is 2.53. The zero-order valence-corrected chi connectivity index (χ0v) is 9.18. The molecule has 0 unspecified atom stereocenters. The predicted octanol–water partition coefficient (Wildman–Crippen LogP) is -0.201. The normalized spacial score (nSPS) is 18.0. The fraction of sp³-hybridized carbons (Fsp3) is 0.455. The topological polar surface area (TPSA) is 79.5 Å². The van der Waals surface area contributed by atoms with Crippen molar-refractivity contribution < 1.29 is 9.90 Å². The van der Waals surface area contributed by atoms with E-state index in [1.807, 2.05) is 0 Å². The summed E-state index contributed by atoms with van der Waals surface area (Å²) in [6.07, 6.45) is 1.80. The molecule has 1 aromatic heterocycles. The van der Waals surface area contributed by atoms with Gasteiger partial charge in [-0.05, 0) is 19.1 Å². The molecule has 5 heteroatoms. The van der Waals surface area contributed by atoms with Gasteiger partial charge in [0, 0.05) is 5.69 Å². The van der Waals surface area contributed by atoms with Gasteiger partial charge in [0.15, 0.2) is 0 Å². The van der Waals surface area contributed by atoms with Crippen LogP contribution in [-0.2, 0) is 11.2 Å². The number of rotatable bonds is 2. The van der Waals surface area contributed by atoms with Crippen LogP contribution in [0.25, 0.3) is 0 Å². The number of β-amino-alcohol motifs (C(OH)–C–C–N with tert-alkyl or cyclic N) is 1. The number of hydrogen-bond acceptors (Lipinski definition) is 4. The quantitative estimate of drug-likeness (QED) is 0.724. The number of likely N-dealkylation sites (tertiary alicyclic amines) is 1. The van der Waals surface area contributed by atoms with Gasteiger partial charge >= 0.3 is 0 Å². The third-order valence-corrected chi connectivity index (χ3v) is 2.60. The first-order valence-corrected chi connectivity index (χ1v) is 5.17. The standard InChI is InChI=1S/C11H15N3O2/c1-11(16)6-14(7-11)10(15)4-9-3-2-8(12)5-13-9/h2-3,5,16H,4,6-7,12H2,1H3. The van der Waals surface area contributed by atoms with Crippen molar-refractivity contribution in [1.29, 1.82) is 0 Å². The smallest absolute Gasteiger partial charge is 0.228 e. The molecular formula is C11H15N3O2. The minimum absolute atomic E-state index is 0.0104. The van der Waals surface area contributed by atoms with Crippen molar-refractivity contribution in [3.63, 3.8) is 0 Å². The van der Waals surface area contributed by atoms with Crippen LogP contribution in [0.15, 0.2) is 18.3 Å². The molecule has 16 heavy (non-hydrogen) atoms. The molecule has 1 aromatic rings. The number of aromatic nitrogens is 1. The fourth-order valence-corrected chi connectivity index (χ4v) is 1.76. The Kier molecular flexibility index (Phi) is 2.55. The van der Waals surface area contributed by atoms with Gasteiger partial charge in [-0.1, -0.05) is 0 Å². The van der Waals surface area contributed by atoms with Crippen LogP contribution in [-0.4, -0.2) is 39.6 Å². The third-order valence-electron chi connectivity index (χ3n) is 2.60. The van der Waals surface area contributed by atoms with Gasteiger partial charge in [0.2, 0.25) is 5.91 Å². The third kappa shape index (κ3) is 2.30. The molecule has 5 nitrogen and oxygen atoms in total. The molecule has 86 valence electrons. The van der Waals surface area contributed by atoms with Crippen molar-refractivity contribution in [2.24, 2.45) is 0 Å². The van der Waals surface area contributed by atoms with E-state index >= 15 is 0 Å². The van der Waals surface area contributed by atoms with Gasteiger partial charge in [-0.15, -0.1) is 0 Å². The van der Waals surface area contributed by atoms with Crippen molar-refractivity contribution in [2.75, 3.05) is 18.8 Å². The second-order valence-electron chi connectivity index (χ2n) is 4.51. The Morgan fingerprint density at radius 3 is 2.81 bits per heavy atom. The number of hydrogen-bond donors (Lipinski definition) is 2. The van der Waals surface area contributed by atoms with Crippen LogP contribution in [0.2, 0.25) is 0 Å². The SMILES string of the molecule is CC1(O)CN(C(=O)Cc2ccc(N)cn2)C1. The summed E-state index contributed by atoms with van der Waals surface area (Å²) in [5.74, 6) is -0.0104. The molecule has 2 heterocycles. The highest BCUT2D eigenvalue weighted by Gasteiger charge is 2.39. The zero-order valence-electron chi connectivity index (χ0n) is 9.18. The van der Waals surface area contributed by atoms with Gasteiger partial charge in [-0.25, -0.2) is 0 Å². The Morgan fingerprint density at radius 1 is 1.62 bits per heavy atom. The van der Waals surface area contributed by atoms with Gasteiger partial charge in [-0.2, -0.15) is 0 Å². The molecule has 1 amide bonds. The number of amides is 1. The van der Waals surface area contributed by atoms with Crippen LogP contribution in [0.5, 0.6) is 0 Å². The Bertz CT molecular complexity index is 392. The number of carbonyl (C=O) groups is 1. The van der Waals surface area contributed by atoms with E-state index in [0.29, 0.717) is 24.5 Å². The molecular weight excluding hydrogens is 206 g/mol. The Hall–Kier alpha value is -1.62. The highest BCUT2D eigenvalue weighted by molar-refractivity contribution is 5.79. The summed E-state index contributed by atoms with van der Waals surface area (Å²) in [7, 11) is 0. The van der Waals surface area contributed by atoms with E-state index in [1.54, 1.807) is 24.0 Å². The fourth-order valence-electron chi connectivity index (χ4n) is 1.76. The Morgan fingerprint density at radius 2 is 2.31 bits per heavy atom. The molecule has 3 N–H and O–H groups in total. The average molecular weight is 221 g/mol. The number of pyridine rings is 1. The summed E-state index contributed by atoms with van der Waals surface area (Å²) < 4.78 is 0. The molecule has 1 fully saturated rings. The van der Waals surface area contributed by atoms with Crippen molar-refractivity contribution in [3.05, 3.63) is 24.0 Å². The minimum atomic E-state index is -0.718. The van der Waals surface area contributed by atoms with Gasteiger partial charge in [0.05, 0.1) is 37.0 Å².